The minimum atomic E-state index is 0.640. The summed E-state index contributed by atoms with van der Waals surface area (Å²) in [5, 5.41) is 0. The van der Waals surface area contributed by atoms with E-state index in [-0.39, 0.29) is 0 Å². The second-order valence-electron chi connectivity index (χ2n) is 4.20. The first-order chi connectivity index (χ1) is 8.56. The highest BCUT2D eigenvalue weighted by molar-refractivity contribution is 5.64. The van der Waals surface area contributed by atoms with Crippen LogP contribution in [0.4, 0.5) is 11.4 Å². The Kier molecular flexibility index (Phi) is 5.21. The van der Waals surface area contributed by atoms with Gasteiger partial charge >= 0.3 is 0 Å². The minimum absolute atomic E-state index is 0.640. The van der Waals surface area contributed by atoms with E-state index >= 15 is 0 Å². The van der Waals surface area contributed by atoms with Crippen LogP contribution in [0.1, 0.15) is 16.7 Å². The molecule has 0 unspecified atom stereocenters. The van der Waals surface area contributed by atoms with Gasteiger partial charge in [-0.25, -0.2) is 0 Å². The van der Waals surface area contributed by atoms with Gasteiger partial charge in [0.2, 0.25) is 0 Å². The van der Waals surface area contributed by atoms with E-state index in [1.165, 1.54) is 5.56 Å². The van der Waals surface area contributed by atoms with E-state index in [1.54, 1.807) is 0 Å². The Morgan fingerprint density at radius 3 is 1.94 bits per heavy atom. The summed E-state index contributed by atoms with van der Waals surface area (Å²) >= 11 is 0. The van der Waals surface area contributed by atoms with Crippen LogP contribution >= 0.6 is 0 Å². The summed E-state index contributed by atoms with van der Waals surface area (Å²) in [7, 11) is 0. The van der Waals surface area contributed by atoms with Crippen LogP contribution in [0, 0.1) is 13.8 Å². The fourth-order valence-electron chi connectivity index (χ4n) is 1.49. The largest absolute Gasteiger partial charge is 0.398 e. The lowest BCUT2D eigenvalue weighted by Gasteiger charge is -2.05. The molecule has 0 aromatic heterocycles. The Morgan fingerprint density at radius 1 is 0.889 bits per heavy atom. The number of aryl methyl sites for hydroxylation is 1. The van der Waals surface area contributed by atoms with Gasteiger partial charge in [0.05, 0.1) is 0 Å². The fraction of sp³-hybridized carbons (Fsp3) is 0.200. The van der Waals surface area contributed by atoms with Crippen LogP contribution in [0.2, 0.25) is 0 Å². The zero-order valence-corrected chi connectivity index (χ0v) is 11.0. The minimum Gasteiger partial charge on any atom is -0.398 e. The maximum absolute atomic E-state index is 5.70. The molecule has 0 heterocycles. The lowest BCUT2D eigenvalue weighted by Crippen LogP contribution is -1.97. The van der Waals surface area contributed by atoms with Crippen molar-refractivity contribution in [3.8, 4) is 0 Å². The summed E-state index contributed by atoms with van der Waals surface area (Å²) in [6.45, 7) is 4.54. The van der Waals surface area contributed by atoms with Gasteiger partial charge in [0.1, 0.15) is 0 Å². The molecule has 0 amide bonds. The standard InChI is InChI=1S/C8H12N2.C7H9N/c1-5-3-4-7(9)6(2)8(5)10;8-6-7-4-2-1-3-5-7/h3-4H,9-10H2,1-2H3;1-5H,6,8H2. The van der Waals surface area contributed by atoms with Crippen molar-refractivity contribution in [1.29, 1.82) is 0 Å². The summed E-state index contributed by atoms with van der Waals surface area (Å²) in [5.41, 5.74) is 21.5. The van der Waals surface area contributed by atoms with Crippen molar-refractivity contribution in [1.82, 2.24) is 0 Å². The van der Waals surface area contributed by atoms with Crippen LogP contribution in [-0.2, 0) is 6.54 Å². The normalized spacial score (nSPS) is 9.50. The van der Waals surface area contributed by atoms with E-state index < -0.39 is 0 Å². The van der Waals surface area contributed by atoms with Crippen LogP contribution in [0.3, 0.4) is 0 Å². The molecule has 0 radical (unpaired) electrons. The maximum Gasteiger partial charge on any atom is 0.0394 e. The smallest absolute Gasteiger partial charge is 0.0394 e. The molecule has 0 saturated heterocycles. The van der Waals surface area contributed by atoms with Crippen molar-refractivity contribution >= 4 is 11.4 Å². The number of benzene rings is 2. The molecule has 3 heteroatoms. The van der Waals surface area contributed by atoms with Crippen molar-refractivity contribution in [2.75, 3.05) is 11.5 Å². The molecule has 96 valence electrons. The number of nitrogen functional groups attached to an aromatic ring is 2. The predicted molar refractivity (Wildman–Crippen MR) is 79.1 cm³/mol. The van der Waals surface area contributed by atoms with E-state index in [1.807, 2.05) is 56.3 Å². The predicted octanol–water partition coefficient (Wildman–Crippen LogP) is 2.61. The number of nitrogens with two attached hydrogens (primary N) is 3. The average Bonchev–Trinajstić information content (AvgIpc) is 2.42. The van der Waals surface area contributed by atoms with E-state index in [4.69, 9.17) is 17.2 Å². The molecule has 18 heavy (non-hydrogen) atoms. The molecule has 2 aromatic rings. The first-order valence-electron chi connectivity index (χ1n) is 5.91. The molecule has 3 nitrogen and oxygen atoms in total. The summed E-state index contributed by atoms with van der Waals surface area (Å²) in [4.78, 5) is 0. The molecular weight excluding hydrogens is 222 g/mol. The zero-order valence-electron chi connectivity index (χ0n) is 11.0. The molecule has 0 fully saturated rings. The van der Waals surface area contributed by atoms with Crippen molar-refractivity contribution < 1.29 is 0 Å². The summed E-state index contributed by atoms with van der Waals surface area (Å²) < 4.78 is 0. The Hall–Kier alpha value is -2.00. The first kappa shape index (κ1) is 14.1. The van der Waals surface area contributed by atoms with Crippen molar-refractivity contribution in [3.63, 3.8) is 0 Å². The van der Waals surface area contributed by atoms with Crippen LogP contribution in [-0.4, -0.2) is 0 Å². The summed E-state index contributed by atoms with van der Waals surface area (Å²) in [6, 6.07) is 13.8. The summed E-state index contributed by atoms with van der Waals surface area (Å²) in [5.74, 6) is 0. The Balaban J connectivity index is 0.000000184. The molecule has 0 atom stereocenters. The van der Waals surface area contributed by atoms with Gasteiger partial charge < -0.3 is 17.2 Å². The highest BCUT2D eigenvalue weighted by atomic mass is 14.6. The molecule has 6 N–H and O–H groups in total. The van der Waals surface area contributed by atoms with Gasteiger partial charge in [-0.05, 0) is 36.6 Å². The lowest BCUT2D eigenvalue weighted by atomic mass is 10.1. The number of hydrogen-bond acceptors (Lipinski definition) is 3. The highest BCUT2D eigenvalue weighted by Crippen LogP contribution is 2.21. The van der Waals surface area contributed by atoms with E-state index in [9.17, 15) is 0 Å². The third-order valence-electron chi connectivity index (χ3n) is 2.85. The first-order valence-corrected chi connectivity index (χ1v) is 5.91. The van der Waals surface area contributed by atoms with Crippen LogP contribution in [0.15, 0.2) is 42.5 Å². The fourth-order valence-corrected chi connectivity index (χ4v) is 1.49. The molecule has 0 aliphatic rings. The maximum atomic E-state index is 5.70. The third-order valence-corrected chi connectivity index (χ3v) is 2.85. The van der Waals surface area contributed by atoms with Gasteiger partial charge in [-0.15, -0.1) is 0 Å². The molecule has 0 aliphatic heterocycles. The van der Waals surface area contributed by atoms with Gasteiger partial charge in [0, 0.05) is 17.9 Å². The molecular formula is C15H21N3. The van der Waals surface area contributed by atoms with Gasteiger partial charge in [0.15, 0.2) is 0 Å². The van der Waals surface area contributed by atoms with Crippen molar-refractivity contribution in [2.24, 2.45) is 5.73 Å². The van der Waals surface area contributed by atoms with Crippen molar-refractivity contribution in [2.45, 2.75) is 20.4 Å². The number of rotatable bonds is 1. The van der Waals surface area contributed by atoms with E-state index in [2.05, 4.69) is 0 Å². The van der Waals surface area contributed by atoms with Gasteiger partial charge in [-0.3, -0.25) is 0 Å². The van der Waals surface area contributed by atoms with Gasteiger partial charge in [-0.1, -0.05) is 36.4 Å². The van der Waals surface area contributed by atoms with Crippen molar-refractivity contribution in [3.05, 3.63) is 59.2 Å². The molecule has 0 bridgehead atoms. The Morgan fingerprint density at radius 2 is 1.50 bits per heavy atom. The van der Waals surface area contributed by atoms with Gasteiger partial charge in [-0.2, -0.15) is 0 Å². The molecule has 2 rings (SSSR count). The van der Waals surface area contributed by atoms with Gasteiger partial charge in [0.25, 0.3) is 0 Å². The third kappa shape index (κ3) is 3.79. The van der Waals surface area contributed by atoms with Crippen LogP contribution < -0.4 is 17.2 Å². The second kappa shape index (κ2) is 6.67. The summed E-state index contributed by atoms with van der Waals surface area (Å²) in [6.07, 6.45) is 0. The van der Waals surface area contributed by atoms with Crippen LogP contribution in [0.5, 0.6) is 0 Å². The van der Waals surface area contributed by atoms with E-state index in [0.717, 1.165) is 22.5 Å². The molecule has 0 saturated carbocycles. The zero-order chi connectivity index (χ0) is 13.5. The molecule has 0 aliphatic carbocycles. The lowest BCUT2D eigenvalue weighted by molar-refractivity contribution is 1.07. The number of hydrogen-bond donors (Lipinski definition) is 3. The Labute approximate surface area is 109 Å². The highest BCUT2D eigenvalue weighted by Gasteiger charge is 1.99. The second-order valence-corrected chi connectivity index (χ2v) is 4.20. The monoisotopic (exact) mass is 243 g/mol. The average molecular weight is 243 g/mol. The SMILES string of the molecule is Cc1ccc(N)c(C)c1N.NCc1ccccc1. The Bertz CT molecular complexity index is 466. The molecule has 2 aromatic carbocycles. The number of anilines is 2. The van der Waals surface area contributed by atoms with E-state index in [0.29, 0.717) is 6.54 Å². The molecule has 0 spiro atoms. The van der Waals surface area contributed by atoms with Crippen LogP contribution in [0.25, 0.3) is 0 Å². The quantitative estimate of drug-likeness (QED) is 0.674. The topological polar surface area (TPSA) is 78.1 Å².